The number of aryl methyl sites for hydroxylation is 1. The third-order valence-electron chi connectivity index (χ3n) is 2.73. The van der Waals surface area contributed by atoms with Crippen LogP contribution in [0.15, 0.2) is 48.5 Å². The first-order chi connectivity index (χ1) is 8.96. The lowest BCUT2D eigenvalue weighted by atomic mass is 10.2. The summed E-state index contributed by atoms with van der Waals surface area (Å²) in [5.74, 6) is -0.0535. The quantitative estimate of drug-likeness (QED) is 0.843. The van der Waals surface area contributed by atoms with Crippen LogP contribution in [0, 0.1) is 6.92 Å². The van der Waals surface area contributed by atoms with Crippen molar-refractivity contribution in [1.82, 2.24) is 0 Å². The van der Waals surface area contributed by atoms with Gasteiger partial charge < -0.3 is 5.73 Å². The van der Waals surface area contributed by atoms with Gasteiger partial charge in [-0.1, -0.05) is 36.4 Å². The molecule has 3 N–H and O–H groups in total. The van der Waals surface area contributed by atoms with Crippen molar-refractivity contribution >= 4 is 21.4 Å². The summed E-state index contributed by atoms with van der Waals surface area (Å²) >= 11 is 0. The number of nitrogen functional groups attached to an aromatic ring is 1. The molecule has 19 heavy (non-hydrogen) atoms. The van der Waals surface area contributed by atoms with Crippen molar-refractivity contribution in [2.75, 3.05) is 10.5 Å². The molecule has 2 aromatic rings. The van der Waals surface area contributed by atoms with Crippen LogP contribution in [0.2, 0.25) is 0 Å². The molecule has 2 rings (SSSR count). The van der Waals surface area contributed by atoms with Crippen molar-refractivity contribution < 1.29 is 8.42 Å². The number of rotatable bonds is 4. The van der Waals surface area contributed by atoms with E-state index in [1.54, 1.807) is 30.3 Å². The molecule has 0 aliphatic rings. The minimum absolute atomic E-state index is 0.0535. The fourth-order valence-corrected chi connectivity index (χ4v) is 3.01. The van der Waals surface area contributed by atoms with Gasteiger partial charge in [-0.05, 0) is 30.2 Å². The van der Waals surface area contributed by atoms with Crippen molar-refractivity contribution in [2.45, 2.75) is 12.7 Å². The van der Waals surface area contributed by atoms with Gasteiger partial charge in [0.1, 0.15) is 0 Å². The topological polar surface area (TPSA) is 72.2 Å². The van der Waals surface area contributed by atoms with Crippen LogP contribution in [0.4, 0.5) is 11.4 Å². The Hall–Kier alpha value is -2.01. The summed E-state index contributed by atoms with van der Waals surface area (Å²) in [4.78, 5) is 0. The summed E-state index contributed by atoms with van der Waals surface area (Å²) in [7, 11) is -3.43. The van der Waals surface area contributed by atoms with Crippen molar-refractivity contribution in [1.29, 1.82) is 0 Å². The van der Waals surface area contributed by atoms with Gasteiger partial charge in [0, 0.05) is 5.69 Å². The van der Waals surface area contributed by atoms with Crippen molar-refractivity contribution in [3.63, 3.8) is 0 Å². The second kappa shape index (κ2) is 5.32. The normalized spacial score (nSPS) is 11.2. The Morgan fingerprint density at radius 2 is 1.79 bits per heavy atom. The molecular weight excluding hydrogens is 260 g/mol. The van der Waals surface area contributed by atoms with Gasteiger partial charge in [-0.15, -0.1) is 0 Å². The van der Waals surface area contributed by atoms with E-state index in [0.717, 1.165) is 11.1 Å². The molecule has 4 nitrogen and oxygen atoms in total. The molecule has 0 radical (unpaired) electrons. The number of hydrogen-bond donors (Lipinski definition) is 2. The van der Waals surface area contributed by atoms with Gasteiger partial charge in [0.2, 0.25) is 10.0 Å². The van der Waals surface area contributed by atoms with Crippen LogP contribution in [0.5, 0.6) is 0 Å². The van der Waals surface area contributed by atoms with Crippen molar-refractivity contribution in [3.8, 4) is 0 Å². The van der Waals surface area contributed by atoms with Crippen molar-refractivity contribution in [3.05, 3.63) is 59.7 Å². The Labute approximate surface area is 113 Å². The molecule has 0 saturated carbocycles. The highest BCUT2D eigenvalue weighted by Gasteiger charge is 2.12. The predicted molar refractivity (Wildman–Crippen MR) is 78.3 cm³/mol. The largest absolute Gasteiger partial charge is 0.399 e. The first kappa shape index (κ1) is 13.4. The summed E-state index contributed by atoms with van der Waals surface area (Å²) in [6, 6.07) is 14.2. The molecule has 0 amide bonds. The summed E-state index contributed by atoms with van der Waals surface area (Å²) in [5, 5.41) is 0. The van der Waals surface area contributed by atoms with Gasteiger partial charge in [-0.3, -0.25) is 4.72 Å². The number of benzene rings is 2. The van der Waals surface area contributed by atoms with Crippen LogP contribution in [0.1, 0.15) is 11.1 Å². The average Bonchev–Trinajstić information content (AvgIpc) is 2.34. The molecule has 5 heteroatoms. The summed E-state index contributed by atoms with van der Waals surface area (Å²) in [5.41, 5.74) is 8.30. The fraction of sp³-hybridized carbons (Fsp3) is 0.143. The van der Waals surface area contributed by atoms with Gasteiger partial charge in [-0.2, -0.15) is 0 Å². The van der Waals surface area contributed by atoms with Crippen molar-refractivity contribution in [2.24, 2.45) is 0 Å². The second-order valence-electron chi connectivity index (χ2n) is 4.42. The fourth-order valence-electron chi connectivity index (χ4n) is 1.75. The zero-order valence-electron chi connectivity index (χ0n) is 10.6. The molecule has 2 aromatic carbocycles. The number of hydrogen-bond acceptors (Lipinski definition) is 3. The van der Waals surface area contributed by atoms with E-state index in [0.29, 0.717) is 11.4 Å². The molecule has 0 spiro atoms. The van der Waals surface area contributed by atoms with E-state index in [1.165, 1.54) is 0 Å². The number of nitrogens with two attached hydrogens (primary N) is 1. The average molecular weight is 276 g/mol. The first-order valence-electron chi connectivity index (χ1n) is 5.87. The van der Waals surface area contributed by atoms with E-state index in [1.807, 2.05) is 25.1 Å². The molecule has 0 saturated heterocycles. The lowest BCUT2D eigenvalue weighted by Gasteiger charge is -2.11. The molecule has 0 heterocycles. The number of sulfonamides is 1. The smallest absolute Gasteiger partial charge is 0.236 e. The van der Waals surface area contributed by atoms with Gasteiger partial charge >= 0.3 is 0 Å². The van der Waals surface area contributed by atoms with Crippen LogP contribution in [0.3, 0.4) is 0 Å². The third-order valence-corrected chi connectivity index (χ3v) is 3.97. The molecule has 0 bridgehead atoms. The Morgan fingerprint density at radius 3 is 2.47 bits per heavy atom. The second-order valence-corrected chi connectivity index (χ2v) is 6.14. The molecule has 100 valence electrons. The lowest BCUT2D eigenvalue weighted by Crippen LogP contribution is -2.15. The summed E-state index contributed by atoms with van der Waals surface area (Å²) in [6.45, 7) is 1.83. The van der Waals surface area contributed by atoms with Crippen LogP contribution in [-0.4, -0.2) is 8.42 Å². The molecule has 0 atom stereocenters. The van der Waals surface area contributed by atoms with Crippen LogP contribution in [-0.2, 0) is 15.8 Å². The van der Waals surface area contributed by atoms with E-state index in [2.05, 4.69) is 4.72 Å². The van der Waals surface area contributed by atoms with Crippen LogP contribution in [0.25, 0.3) is 0 Å². The molecular formula is C14H16N2O2S. The monoisotopic (exact) mass is 276 g/mol. The highest BCUT2D eigenvalue weighted by Crippen LogP contribution is 2.20. The highest BCUT2D eigenvalue weighted by molar-refractivity contribution is 7.91. The summed E-state index contributed by atoms with van der Waals surface area (Å²) in [6.07, 6.45) is 0. The molecule has 0 aromatic heterocycles. The van der Waals surface area contributed by atoms with E-state index >= 15 is 0 Å². The Morgan fingerprint density at radius 1 is 1.11 bits per heavy atom. The minimum atomic E-state index is -3.43. The van der Waals surface area contributed by atoms with Gasteiger partial charge in [0.05, 0.1) is 11.4 Å². The van der Waals surface area contributed by atoms with Gasteiger partial charge in [0.25, 0.3) is 0 Å². The van der Waals surface area contributed by atoms with Gasteiger partial charge in [-0.25, -0.2) is 8.42 Å². The maximum atomic E-state index is 12.1. The molecule has 0 aliphatic heterocycles. The zero-order valence-corrected chi connectivity index (χ0v) is 11.4. The molecule has 0 fully saturated rings. The Kier molecular flexibility index (Phi) is 3.76. The van der Waals surface area contributed by atoms with Crippen LogP contribution >= 0.6 is 0 Å². The Bertz CT molecular complexity index is 667. The number of nitrogens with one attached hydrogen (secondary N) is 1. The minimum Gasteiger partial charge on any atom is -0.399 e. The lowest BCUT2D eigenvalue weighted by molar-refractivity contribution is 0.600. The predicted octanol–water partition coefficient (Wildman–Crippen LogP) is 2.52. The van der Waals surface area contributed by atoms with E-state index in [-0.39, 0.29) is 5.75 Å². The van der Waals surface area contributed by atoms with Gasteiger partial charge in [0.15, 0.2) is 0 Å². The standard InChI is InChI=1S/C14H16N2O2S/c1-11-7-8-13(15)9-14(11)16-19(17,18)10-12-5-3-2-4-6-12/h2-9,16H,10,15H2,1H3. The first-order valence-corrected chi connectivity index (χ1v) is 7.52. The highest BCUT2D eigenvalue weighted by atomic mass is 32.2. The third kappa shape index (κ3) is 3.72. The Balaban J connectivity index is 2.20. The number of anilines is 2. The maximum Gasteiger partial charge on any atom is 0.236 e. The van der Waals surface area contributed by atoms with E-state index < -0.39 is 10.0 Å². The molecule has 0 unspecified atom stereocenters. The molecule has 0 aliphatic carbocycles. The maximum absolute atomic E-state index is 12.1. The van der Waals surface area contributed by atoms with E-state index in [4.69, 9.17) is 5.73 Å². The SMILES string of the molecule is Cc1ccc(N)cc1NS(=O)(=O)Cc1ccccc1. The van der Waals surface area contributed by atoms with E-state index in [9.17, 15) is 8.42 Å². The zero-order chi connectivity index (χ0) is 13.9. The van der Waals surface area contributed by atoms with Crippen LogP contribution < -0.4 is 10.5 Å². The summed E-state index contributed by atoms with van der Waals surface area (Å²) < 4.78 is 26.7.